The third-order valence-corrected chi connectivity index (χ3v) is 5.79. The third-order valence-electron chi connectivity index (χ3n) is 5.79. The number of methoxy groups -OCH3 is 1. The van der Waals surface area contributed by atoms with Crippen LogP contribution in [0, 0.1) is 12.8 Å². The number of Topliss-reactive ketones (excluding diaryl/α,β-unsaturated/α-hetero) is 2. The average molecular weight is 443 g/mol. The number of anilines is 1. The second-order valence-corrected chi connectivity index (χ2v) is 7.90. The predicted octanol–water partition coefficient (Wildman–Crippen LogP) is 4.56. The maximum atomic E-state index is 13.5. The summed E-state index contributed by atoms with van der Waals surface area (Å²) in [4.78, 5) is 41.4. The lowest BCUT2D eigenvalue weighted by Gasteiger charge is -2.27. The van der Waals surface area contributed by atoms with Gasteiger partial charge in [0.2, 0.25) is 5.78 Å². The molecule has 2 atom stereocenters. The SMILES string of the molecule is CCOc1ccc(N2C(=O)C(=O)C(C(=O)c3ccc(C)cc3)C2c2cccc(OC)c2)cc1. The Hall–Kier alpha value is -3.93. The number of nitrogens with zero attached hydrogens (tertiary/aromatic N) is 1. The lowest BCUT2D eigenvalue weighted by Crippen LogP contribution is -2.30. The highest BCUT2D eigenvalue weighted by Crippen LogP contribution is 2.42. The number of benzene rings is 3. The van der Waals surface area contributed by atoms with E-state index in [1.54, 1.807) is 67.8 Å². The molecule has 2 unspecified atom stereocenters. The van der Waals surface area contributed by atoms with Crippen molar-refractivity contribution in [3.63, 3.8) is 0 Å². The summed E-state index contributed by atoms with van der Waals surface area (Å²) < 4.78 is 10.9. The molecular formula is C27H25NO5. The Kier molecular flexibility index (Phi) is 6.27. The van der Waals surface area contributed by atoms with Crippen molar-refractivity contribution < 1.29 is 23.9 Å². The molecule has 0 aromatic heterocycles. The van der Waals surface area contributed by atoms with Gasteiger partial charge in [-0.05, 0) is 55.8 Å². The second kappa shape index (κ2) is 9.28. The van der Waals surface area contributed by atoms with Crippen molar-refractivity contribution in [2.24, 2.45) is 5.92 Å². The van der Waals surface area contributed by atoms with Gasteiger partial charge >= 0.3 is 0 Å². The topological polar surface area (TPSA) is 72.9 Å². The molecule has 3 aromatic carbocycles. The molecule has 1 amide bonds. The van der Waals surface area contributed by atoms with Gasteiger partial charge in [0.15, 0.2) is 5.78 Å². The van der Waals surface area contributed by atoms with Gasteiger partial charge in [0.1, 0.15) is 17.4 Å². The van der Waals surface area contributed by atoms with E-state index < -0.39 is 23.7 Å². The molecule has 168 valence electrons. The summed E-state index contributed by atoms with van der Waals surface area (Å²) in [6, 6.07) is 20.3. The Morgan fingerprint density at radius 3 is 2.27 bits per heavy atom. The molecular weight excluding hydrogens is 418 g/mol. The van der Waals surface area contributed by atoms with E-state index in [-0.39, 0.29) is 5.78 Å². The van der Waals surface area contributed by atoms with Crippen LogP contribution in [0.4, 0.5) is 5.69 Å². The number of carbonyl (C=O) groups excluding carboxylic acids is 3. The Morgan fingerprint density at radius 2 is 1.64 bits per heavy atom. The van der Waals surface area contributed by atoms with E-state index in [0.29, 0.717) is 34.9 Å². The first-order chi connectivity index (χ1) is 15.9. The van der Waals surface area contributed by atoms with Crippen LogP contribution in [0.1, 0.15) is 34.5 Å². The van der Waals surface area contributed by atoms with Gasteiger partial charge < -0.3 is 9.47 Å². The Balaban J connectivity index is 1.82. The first kappa shape index (κ1) is 22.3. The molecule has 0 bridgehead atoms. The molecule has 1 fully saturated rings. The summed E-state index contributed by atoms with van der Waals surface area (Å²) in [6.45, 7) is 4.32. The van der Waals surface area contributed by atoms with Gasteiger partial charge in [-0.3, -0.25) is 19.3 Å². The van der Waals surface area contributed by atoms with E-state index in [9.17, 15) is 14.4 Å². The van der Waals surface area contributed by atoms with E-state index in [1.807, 2.05) is 26.0 Å². The summed E-state index contributed by atoms with van der Waals surface area (Å²) in [7, 11) is 1.54. The van der Waals surface area contributed by atoms with Crippen molar-refractivity contribution in [2.45, 2.75) is 19.9 Å². The third kappa shape index (κ3) is 4.24. The van der Waals surface area contributed by atoms with Gasteiger partial charge in [-0.2, -0.15) is 0 Å². The van der Waals surface area contributed by atoms with Crippen LogP contribution in [0.5, 0.6) is 11.5 Å². The van der Waals surface area contributed by atoms with Crippen LogP contribution >= 0.6 is 0 Å². The number of ether oxygens (including phenoxy) is 2. The maximum absolute atomic E-state index is 13.5. The smallest absolute Gasteiger partial charge is 0.295 e. The van der Waals surface area contributed by atoms with E-state index >= 15 is 0 Å². The zero-order chi connectivity index (χ0) is 23.5. The van der Waals surface area contributed by atoms with Gasteiger partial charge in [-0.25, -0.2) is 0 Å². The summed E-state index contributed by atoms with van der Waals surface area (Å²) in [5, 5.41) is 0. The number of carbonyl (C=O) groups is 3. The Labute approximate surface area is 192 Å². The lowest BCUT2D eigenvalue weighted by atomic mass is 9.86. The molecule has 0 N–H and O–H groups in total. The van der Waals surface area contributed by atoms with Crippen LogP contribution < -0.4 is 14.4 Å². The quantitative estimate of drug-likeness (QED) is 0.304. The zero-order valence-corrected chi connectivity index (χ0v) is 18.8. The van der Waals surface area contributed by atoms with Gasteiger partial charge in [-0.1, -0.05) is 42.0 Å². The summed E-state index contributed by atoms with van der Waals surface area (Å²) in [5.74, 6) is -1.75. The largest absolute Gasteiger partial charge is 0.497 e. The summed E-state index contributed by atoms with van der Waals surface area (Å²) in [5.41, 5.74) is 2.56. The van der Waals surface area contributed by atoms with Crippen LogP contribution in [-0.4, -0.2) is 31.2 Å². The average Bonchev–Trinajstić information content (AvgIpc) is 3.10. The first-order valence-electron chi connectivity index (χ1n) is 10.8. The van der Waals surface area contributed by atoms with Gasteiger partial charge in [0.05, 0.1) is 19.8 Å². The number of hydrogen-bond acceptors (Lipinski definition) is 5. The molecule has 0 aliphatic carbocycles. The van der Waals surface area contributed by atoms with Crippen LogP contribution in [0.3, 0.4) is 0 Å². The highest BCUT2D eigenvalue weighted by Gasteiger charge is 2.52. The number of ketones is 2. The Morgan fingerprint density at radius 1 is 0.939 bits per heavy atom. The maximum Gasteiger partial charge on any atom is 0.295 e. The number of hydrogen-bond donors (Lipinski definition) is 0. The minimum Gasteiger partial charge on any atom is -0.497 e. The molecule has 6 heteroatoms. The molecule has 1 saturated heterocycles. The fourth-order valence-corrected chi connectivity index (χ4v) is 4.14. The number of amides is 1. The van der Waals surface area contributed by atoms with Crippen molar-refractivity contribution in [3.05, 3.63) is 89.5 Å². The normalized spacial score (nSPS) is 17.8. The van der Waals surface area contributed by atoms with Crippen LogP contribution in [0.25, 0.3) is 0 Å². The highest BCUT2D eigenvalue weighted by atomic mass is 16.5. The van der Waals surface area contributed by atoms with Crippen molar-refractivity contribution >= 4 is 23.2 Å². The molecule has 0 saturated carbocycles. The molecule has 1 heterocycles. The summed E-state index contributed by atoms with van der Waals surface area (Å²) >= 11 is 0. The predicted molar refractivity (Wildman–Crippen MR) is 125 cm³/mol. The highest BCUT2D eigenvalue weighted by molar-refractivity contribution is 6.49. The molecule has 0 spiro atoms. The van der Waals surface area contributed by atoms with Crippen LogP contribution in [0.15, 0.2) is 72.8 Å². The van der Waals surface area contributed by atoms with Crippen molar-refractivity contribution in [1.29, 1.82) is 0 Å². The van der Waals surface area contributed by atoms with Crippen molar-refractivity contribution in [2.75, 3.05) is 18.6 Å². The Bertz CT molecular complexity index is 1180. The van der Waals surface area contributed by atoms with E-state index in [1.165, 1.54) is 4.90 Å². The molecule has 3 aromatic rings. The molecule has 1 aliphatic rings. The van der Waals surface area contributed by atoms with Gasteiger partial charge in [0, 0.05) is 11.3 Å². The standard InChI is InChI=1S/C27H25NO5/c1-4-33-21-14-12-20(13-15-21)28-24(19-6-5-7-22(16-19)32-3)23(26(30)27(28)31)25(29)18-10-8-17(2)9-11-18/h5-16,23-24H,4H2,1-3H3. The number of rotatable bonds is 7. The van der Waals surface area contributed by atoms with Gasteiger partial charge in [-0.15, -0.1) is 0 Å². The first-order valence-corrected chi connectivity index (χ1v) is 10.8. The van der Waals surface area contributed by atoms with Crippen molar-refractivity contribution in [3.8, 4) is 11.5 Å². The number of aryl methyl sites for hydroxylation is 1. The monoisotopic (exact) mass is 443 g/mol. The van der Waals surface area contributed by atoms with Crippen LogP contribution in [0.2, 0.25) is 0 Å². The van der Waals surface area contributed by atoms with Crippen molar-refractivity contribution in [1.82, 2.24) is 0 Å². The fourth-order valence-electron chi connectivity index (χ4n) is 4.14. The summed E-state index contributed by atoms with van der Waals surface area (Å²) in [6.07, 6.45) is 0. The zero-order valence-electron chi connectivity index (χ0n) is 18.8. The minimum atomic E-state index is -1.17. The molecule has 33 heavy (non-hydrogen) atoms. The van der Waals surface area contributed by atoms with Gasteiger partial charge in [0.25, 0.3) is 5.91 Å². The van der Waals surface area contributed by atoms with Crippen LogP contribution in [-0.2, 0) is 9.59 Å². The molecule has 6 nitrogen and oxygen atoms in total. The van der Waals surface area contributed by atoms with E-state index in [0.717, 1.165) is 5.56 Å². The molecule has 1 aliphatic heterocycles. The molecule has 0 radical (unpaired) electrons. The fraction of sp³-hybridized carbons (Fsp3) is 0.222. The lowest BCUT2D eigenvalue weighted by molar-refractivity contribution is -0.135. The van der Waals surface area contributed by atoms with E-state index in [4.69, 9.17) is 9.47 Å². The minimum absolute atomic E-state index is 0.380. The molecule has 4 rings (SSSR count). The second-order valence-electron chi connectivity index (χ2n) is 7.90. The van der Waals surface area contributed by atoms with E-state index in [2.05, 4.69) is 0 Å².